The lowest BCUT2D eigenvalue weighted by atomic mass is 9.67. The van der Waals surface area contributed by atoms with Crippen molar-refractivity contribution in [2.45, 2.75) is 44.9 Å². The third kappa shape index (κ3) is 3.31. The molecule has 1 heterocycles. The quantitative estimate of drug-likeness (QED) is 0.781. The van der Waals surface area contributed by atoms with Crippen molar-refractivity contribution < 1.29 is 18.9 Å². The summed E-state index contributed by atoms with van der Waals surface area (Å²) < 4.78 is 5.36. The molecule has 0 bridgehead atoms. The van der Waals surface area contributed by atoms with E-state index in [1.165, 1.54) is 0 Å². The molecule has 0 N–H and O–H groups in total. The molecule has 5 nitrogen and oxygen atoms in total. The van der Waals surface area contributed by atoms with E-state index in [0.29, 0.717) is 17.9 Å². The van der Waals surface area contributed by atoms with E-state index in [0.717, 1.165) is 5.56 Å². The molecule has 0 saturated heterocycles. The topological polar surface area (TPSA) is 77.2 Å². The molecule has 0 radical (unpaired) electrons. The summed E-state index contributed by atoms with van der Waals surface area (Å²) in [6.07, 6.45) is 1.00. The minimum atomic E-state index is -1.17. The van der Waals surface area contributed by atoms with Crippen molar-refractivity contribution >= 4 is 17.3 Å². The van der Waals surface area contributed by atoms with Crippen LogP contribution in [0.4, 0.5) is 0 Å². The maximum atomic E-state index is 13.1. The largest absolute Gasteiger partial charge is 0.360 e. The van der Waals surface area contributed by atoms with Crippen LogP contribution in [0.2, 0.25) is 0 Å². The molecule has 0 unspecified atom stereocenters. The van der Waals surface area contributed by atoms with Crippen LogP contribution in [-0.4, -0.2) is 22.5 Å². The van der Waals surface area contributed by atoms with Gasteiger partial charge in [0.25, 0.3) is 0 Å². The van der Waals surface area contributed by atoms with Crippen LogP contribution in [-0.2, 0) is 14.4 Å². The van der Waals surface area contributed by atoms with E-state index in [9.17, 15) is 14.4 Å². The number of ketones is 3. The first-order valence-electron chi connectivity index (χ1n) is 8.60. The van der Waals surface area contributed by atoms with Gasteiger partial charge >= 0.3 is 0 Å². The highest BCUT2D eigenvalue weighted by molar-refractivity contribution is 6.22. The molecule has 3 rings (SSSR count). The number of hydrogen-bond acceptors (Lipinski definition) is 5. The fourth-order valence-electron chi connectivity index (χ4n) is 3.60. The first-order valence-corrected chi connectivity index (χ1v) is 8.60. The molecule has 1 aromatic carbocycles. The summed E-state index contributed by atoms with van der Waals surface area (Å²) >= 11 is 0. The standard InChI is InChI=1S/C20H21NO4/c1-3-7-15(22)19-16(23)11-14(13-8-5-4-6-9-13)18(20(19)24)17-10-12(2)21-25-17/h4-6,8-10,14,18-19H,3,7,11H2,1-2H3/t14-,18-,19+/m0/s1. The third-order valence-electron chi connectivity index (χ3n) is 4.74. The highest BCUT2D eigenvalue weighted by Crippen LogP contribution is 2.43. The van der Waals surface area contributed by atoms with Gasteiger partial charge in [-0.15, -0.1) is 0 Å². The zero-order valence-electron chi connectivity index (χ0n) is 14.4. The second kappa shape index (κ2) is 7.13. The highest BCUT2D eigenvalue weighted by Gasteiger charge is 2.48. The van der Waals surface area contributed by atoms with Crippen LogP contribution in [0.15, 0.2) is 40.9 Å². The molecule has 0 spiro atoms. The molecule has 0 aliphatic heterocycles. The van der Waals surface area contributed by atoms with Crippen molar-refractivity contribution in [1.29, 1.82) is 0 Å². The molecule has 0 amide bonds. The van der Waals surface area contributed by atoms with E-state index >= 15 is 0 Å². The number of aryl methyl sites for hydroxylation is 1. The molecular formula is C20H21NO4. The summed E-state index contributed by atoms with van der Waals surface area (Å²) in [4.78, 5) is 38.1. The lowest BCUT2D eigenvalue weighted by molar-refractivity contribution is -0.144. The minimum Gasteiger partial charge on any atom is -0.360 e. The Bertz CT molecular complexity index is 793. The van der Waals surface area contributed by atoms with Crippen LogP contribution in [0.25, 0.3) is 0 Å². The van der Waals surface area contributed by atoms with Gasteiger partial charge in [0.2, 0.25) is 0 Å². The molecule has 1 saturated carbocycles. The fourth-order valence-corrected chi connectivity index (χ4v) is 3.60. The van der Waals surface area contributed by atoms with Gasteiger partial charge in [0.1, 0.15) is 11.7 Å². The van der Waals surface area contributed by atoms with Crippen molar-refractivity contribution in [3.8, 4) is 0 Å². The normalized spacial score (nSPS) is 23.7. The summed E-state index contributed by atoms with van der Waals surface area (Å²) in [5.41, 5.74) is 1.56. The first-order chi connectivity index (χ1) is 12.0. The second-order valence-corrected chi connectivity index (χ2v) is 6.59. The van der Waals surface area contributed by atoms with Gasteiger partial charge in [0, 0.05) is 24.8 Å². The van der Waals surface area contributed by atoms with Gasteiger partial charge in [0.15, 0.2) is 17.3 Å². The SMILES string of the molecule is CCCC(=O)[C@@H]1C(=O)C[C@@H](c2ccccc2)[C@@H](c2cc(C)no2)C1=O. The van der Waals surface area contributed by atoms with Gasteiger partial charge in [-0.1, -0.05) is 42.4 Å². The number of aromatic nitrogens is 1. The van der Waals surface area contributed by atoms with Crippen LogP contribution in [0.5, 0.6) is 0 Å². The van der Waals surface area contributed by atoms with Crippen molar-refractivity contribution in [3.63, 3.8) is 0 Å². The Hall–Kier alpha value is -2.56. The fraction of sp³-hybridized carbons (Fsp3) is 0.400. The molecule has 25 heavy (non-hydrogen) atoms. The van der Waals surface area contributed by atoms with E-state index in [1.54, 1.807) is 13.0 Å². The van der Waals surface area contributed by atoms with Crippen molar-refractivity contribution in [2.24, 2.45) is 5.92 Å². The predicted octanol–water partition coefficient (Wildman–Crippen LogP) is 3.38. The van der Waals surface area contributed by atoms with Crippen LogP contribution in [0.3, 0.4) is 0 Å². The Morgan fingerprint density at radius 1 is 1.24 bits per heavy atom. The number of rotatable bonds is 5. The molecule has 1 aromatic heterocycles. The Labute approximate surface area is 146 Å². The molecule has 3 atom stereocenters. The number of nitrogens with zero attached hydrogens (tertiary/aromatic N) is 1. The first kappa shape index (κ1) is 17.3. The average Bonchev–Trinajstić information content (AvgIpc) is 3.01. The molecule has 2 aromatic rings. The lowest BCUT2D eigenvalue weighted by Gasteiger charge is -2.32. The van der Waals surface area contributed by atoms with Crippen LogP contribution < -0.4 is 0 Å². The molecule has 130 valence electrons. The number of carbonyl (C=O) groups excluding carboxylic acids is 3. The molecule has 1 aliphatic rings. The Morgan fingerprint density at radius 2 is 1.96 bits per heavy atom. The van der Waals surface area contributed by atoms with Crippen LogP contribution >= 0.6 is 0 Å². The van der Waals surface area contributed by atoms with E-state index < -0.39 is 11.8 Å². The number of Topliss-reactive ketones (excluding diaryl/α,β-unsaturated/α-hetero) is 3. The summed E-state index contributed by atoms with van der Waals surface area (Å²) in [6.45, 7) is 3.64. The zero-order valence-corrected chi connectivity index (χ0v) is 14.4. The van der Waals surface area contributed by atoms with E-state index in [4.69, 9.17) is 4.52 Å². The van der Waals surface area contributed by atoms with Gasteiger partial charge in [-0.05, 0) is 18.9 Å². The summed E-state index contributed by atoms with van der Waals surface area (Å²) in [5.74, 6) is -2.67. The van der Waals surface area contributed by atoms with E-state index in [1.807, 2.05) is 37.3 Å². The molecule has 5 heteroatoms. The summed E-state index contributed by atoms with van der Waals surface area (Å²) in [5, 5.41) is 3.88. The number of benzene rings is 1. The summed E-state index contributed by atoms with van der Waals surface area (Å²) in [6, 6.07) is 11.2. The van der Waals surface area contributed by atoms with Gasteiger partial charge in [-0.25, -0.2) is 0 Å². The average molecular weight is 339 g/mol. The van der Waals surface area contributed by atoms with Gasteiger partial charge in [0.05, 0.1) is 11.6 Å². The molecule has 1 fully saturated rings. The van der Waals surface area contributed by atoms with Gasteiger partial charge < -0.3 is 4.52 Å². The zero-order chi connectivity index (χ0) is 18.0. The van der Waals surface area contributed by atoms with Crippen molar-refractivity contribution in [3.05, 3.63) is 53.4 Å². The number of carbonyl (C=O) groups is 3. The predicted molar refractivity (Wildman–Crippen MR) is 91.2 cm³/mol. The maximum Gasteiger partial charge on any atom is 0.162 e. The Balaban J connectivity index is 2.03. The van der Waals surface area contributed by atoms with Gasteiger partial charge in [-0.2, -0.15) is 0 Å². The molecular weight excluding hydrogens is 318 g/mol. The lowest BCUT2D eigenvalue weighted by Crippen LogP contribution is -2.42. The van der Waals surface area contributed by atoms with Crippen LogP contribution in [0.1, 0.15) is 55.0 Å². The maximum absolute atomic E-state index is 13.1. The van der Waals surface area contributed by atoms with E-state index in [-0.39, 0.29) is 36.1 Å². The van der Waals surface area contributed by atoms with Crippen molar-refractivity contribution in [1.82, 2.24) is 5.16 Å². The molecule has 1 aliphatic carbocycles. The highest BCUT2D eigenvalue weighted by atomic mass is 16.5. The number of hydrogen-bond donors (Lipinski definition) is 0. The van der Waals surface area contributed by atoms with Crippen LogP contribution in [0, 0.1) is 12.8 Å². The van der Waals surface area contributed by atoms with Crippen molar-refractivity contribution in [2.75, 3.05) is 0 Å². The Morgan fingerprint density at radius 3 is 2.56 bits per heavy atom. The smallest absolute Gasteiger partial charge is 0.162 e. The van der Waals surface area contributed by atoms with E-state index in [2.05, 4.69) is 5.16 Å². The Kier molecular flexibility index (Phi) is 4.93. The monoisotopic (exact) mass is 339 g/mol. The minimum absolute atomic E-state index is 0.153. The van der Waals surface area contributed by atoms with Gasteiger partial charge in [-0.3, -0.25) is 14.4 Å². The summed E-state index contributed by atoms with van der Waals surface area (Å²) in [7, 11) is 0. The second-order valence-electron chi connectivity index (χ2n) is 6.59. The third-order valence-corrected chi connectivity index (χ3v) is 4.74.